The van der Waals surface area contributed by atoms with Crippen LogP contribution >= 0.6 is 11.8 Å². The van der Waals surface area contributed by atoms with Gasteiger partial charge >= 0.3 is 0 Å². The molecule has 3 aromatic rings. The van der Waals surface area contributed by atoms with Crippen molar-refractivity contribution in [2.24, 2.45) is 0 Å². The van der Waals surface area contributed by atoms with E-state index in [0.717, 1.165) is 22.2 Å². The van der Waals surface area contributed by atoms with E-state index in [4.69, 9.17) is 0 Å². The number of carbonyl (C=O) groups is 1. The molecule has 0 unspecified atom stereocenters. The second-order valence-corrected chi connectivity index (χ2v) is 5.44. The Morgan fingerprint density at radius 3 is 2.77 bits per heavy atom. The van der Waals surface area contributed by atoms with E-state index in [1.807, 2.05) is 24.3 Å². The number of nitrogens with one attached hydrogen (secondary N) is 2. The Morgan fingerprint density at radius 1 is 1.23 bits per heavy atom. The molecule has 2 aromatic heterocycles. The largest absolute Gasteiger partial charge is 0.322 e. The van der Waals surface area contributed by atoms with Gasteiger partial charge in [0.15, 0.2) is 5.16 Å². The summed E-state index contributed by atoms with van der Waals surface area (Å²) in [5.41, 5.74) is 2.43. The zero-order valence-corrected chi connectivity index (χ0v) is 12.4. The minimum absolute atomic E-state index is 0.170. The van der Waals surface area contributed by atoms with Crippen molar-refractivity contribution in [2.75, 3.05) is 5.32 Å². The van der Waals surface area contributed by atoms with Gasteiger partial charge in [-0.3, -0.25) is 14.9 Å². The van der Waals surface area contributed by atoms with E-state index < -0.39 is 0 Å². The van der Waals surface area contributed by atoms with Crippen molar-refractivity contribution < 1.29 is 4.79 Å². The van der Waals surface area contributed by atoms with Crippen LogP contribution in [0.5, 0.6) is 0 Å². The van der Waals surface area contributed by atoms with Crippen LogP contribution in [0.3, 0.4) is 0 Å². The Hall–Kier alpha value is -2.67. The van der Waals surface area contributed by atoms with Crippen molar-refractivity contribution in [3.8, 4) is 0 Å². The summed E-state index contributed by atoms with van der Waals surface area (Å²) in [5.74, 6) is 0.614. The van der Waals surface area contributed by atoms with Crippen LogP contribution in [-0.2, 0) is 5.75 Å². The number of amides is 1. The maximum atomic E-state index is 12.0. The summed E-state index contributed by atoms with van der Waals surface area (Å²) in [6.07, 6.45) is 4.66. The Balaban J connectivity index is 1.58. The SMILES string of the molecule is O=C(Nc1ccc(CSc2ncn[nH]2)cc1)c1cccnc1. The van der Waals surface area contributed by atoms with E-state index in [9.17, 15) is 4.79 Å². The fraction of sp³-hybridized carbons (Fsp3) is 0.0667. The van der Waals surface area contributed by atoms with Crippen LogP contribution in [0, 0.1) is 0 Å². The minimum atomic E-state index is -0.170. The fourth-order valence-corrected chi connectivity index (χ4v) is 2.53. The van der Waals surface area contributed by atoms with E-state index in [0.29, 0.717) is 5.56 Å². The molecular formula is C15H13N5OS. The zero-order valence-electron chi connectivity index (χ0n) is 11.6. The molecule has 110 valence electrons. The molecule has 6 nitrogen and oxygen atoms in total. The van der Waals surface area contributed by atoms with Gasteiger partial charge in [-0.1, -0.05) is 23.9 Å². The third-order valence-electron chi connectivity index (χ3n) is 2.90. The number of nitrogens with zero attached hydrogens (tertiary/aromatic N) is 3. The Kier molecular flexibility index (Phi) is 4.45. The first-order chi connectivity index (χ1) is 10.8. The fourth-order valence-electron chi connectivity index (χ4n) is 1.80. The van der Waals surface area contributed by atoms with Gasteiger partial charge in [-0.05, 0) is 29.8 Å². The van der Waals surface area contributed by atoms with Crippen molar-refractivity contribution in [3.63, 3.8) is 0 Å². The molecule has 1 aromatic carbocycles. The van der Waals surface area contributed by atoms with E-state index in [1.54, 1.807) is 30.1 Å². The van der Waals surface area contributed by atoms with Gasteiger partial charge in [0, 0.05) is 23.8 Å². The number of pyridine rings is 1. The smallest absolute Gasteiger partial charge is 0.257 e. The van der Waals surface area contributed by atoms with E-state index >= 15 is 0 Å². The molecule has 1 amide bonds. The number of H-pyrrole nitrogens is 1. The van der Waals surface area contributed by atoms with Crippen LogP contribution in [0.15, 0.2) is 60.3 Å². The lowest BCUT2D eigenvalue weighted by atomic mass is 10.2. The number of thioether (sulfide) groups is 1. The first-order valence-corrected chi connectivity index (χ1v) is 7.58. The lowest BCUT2D eigenvalue weighted by Gasteiger charge is -2.06. The summed E-state index contributed by atoms with van der Waals surface area (Å²) in [5, 5.41) is 10.2. The van der Waals surface area contributed by atoms with Gasteiger partial charge < -0.3 is 5.32 Å². The Bertz CT molecular complexity index is 728. The Morgan fingerprint density at radius 2 is 2.09 bits per heavy atom. The van der Waals surface area contributed by atoms with Gasteiger partial charge in [-0.2, -0.15) is 5.10 Å². The molecule has 3 rings (SSSR count). The highest BCUT2D eigenvalue weighted by atomic mass is 32.2. The summed E-state index contributed by atoms with van der Waals surface area (Å²) in [6, 6.07) is 11.2. The first-order valence-electron chi connectivity index (χ1n) is 6.60. The van der Waals surface area contributed by atoms with Crippen LogP contribution in [0.25, 0.3) is 0 Å². The minimum Gasteiger partial charge on any atom is -0.322 e. The summed E-state index contributed by atoms with van der Waals surface area (Å²) in [7, 11) is 0. The average molecular weight is 311 g/mol. The maximum absolute atomic E-state index is 12.0. The molecule has 0 saturated carbocycles. The molecule has 2 heterocycles. The number of carbonyl (C=O) groups excluding carboxylic acids is 1. The highest BCUT2D eigenvalue weighted by Gasteiger charge is 2.05. The topological polar surface area (TPSA) is 83.6 Å². The maximum Gasteiger partial charge on any atom is 0.257 e. The molecule has 7 heteroatoms. The second kappa shape index (κ2) is 6.86. The predicted octanol–water partition coefficient (Wildman–Crippen LogP) is 2.74. The lowest BCUT2D eigenvalue weighted by Crippen LogP contribution is -2.11. The Labute approximate surface area is 131 Å². The lowest BCUT2D eigenvalue weighted by molar-refractivity contribution is 0.102. The number of aromatic amines is 1. The number of aromatic nitrogens is 4. The number of hydrogen-bond donors (Lipinski definition) is 2. The highest BCUT2D eigenvalue weighted by Crippen LogP contribution is 2.19. The van der Waals surface area contributed by atoms with Crippen LogP contribution in [0.1, 0.15) is 15.9 Å². The molecule has 0 aliphatic heterocycles. The molecule has 0 atom stereocenters. The molecule has 0 radical (unpaired) electrons. The first kappa shape index (κ1) is 14.3. The third-order valence-corrected chi connectivity index (χ3v) is 3.85. The summed E-state index contributed by atoms with van der Waals surface area (Å²) < 4.78 is 0. The van der Waals surface area contributed by atoms with Gasteiger partial charge in [0.05, 0.1) is 5.56 Å². The van der Waals surface area contributed by atoms with Crippen molar-refractivity contribution in [1.82, 2.24) is 20.2 Å². The van der Waals surface area contributed by atoms with Gasteiger partial charge in [0.25, 0.3) is 5.91 Å². The highest BCUT2D eigenvalue weighted by molar-refractivity contribution is 7.98. The van der Waals surface area contributed by atoms with E-state index in [1.165, 1.54) is 12.5 Å². The number of rotatable bonds is 5. The molecule has 0 saturated heterocycles. The quantitative estimate of drug-likeness (QED) is 0.708. The number of anilines is 1. The van der Waals surface area contributed by atoms with Crippen LogP contribution < -0.4 is 5.32 Å². The number of benzene rings is 1. The predicted molar refractivity (Wildman–Crippen MR) is 84.6 cm³/mol. The summed E-state index contributed by atoms with van der Waals surface area (Å²) >= 11 is 1.57. The van der Waals surface area contributed by atoms with Crippen molar-refractivity contribution in [2.45, 2.75) is 10.9 Å². The zero-order chi connectivity index (χ0) is 15.2. The molecule has 0 aliphatic rings. The van der Waals surface area contributed by atoms with Crippen LogP contribution in [0.2, 0.25) is 0 Å². The van der Waals surface area contributed by atoms with Gasteiger partial charge in [-0.25, -0.2) is 4.98 Å². The summed E-state index contributed by atoms with van der Waals surface area (Å²) in [6.45, 7) is 0. The monoisotopic (exact) mass is 311 g/mol. The molecule has 0 aliphatic carbocycles. The van der Waals surface area contributed by atoms with E-state index in [-0.39, 0.29) is 5.91 Å². The average Bonchev–Trinajstić information content (AvgIpc) is 3.08. The molecule has 2 N–H and O–H groups in total. The summed E-state index contributed by atoms with van der Waals surface area (Å²) in [4.78, 5) is 20.0. The van der Waals surface area contributed by atoms with Crippen molar-refractivity contribution in [3.05, 3.63) is 66.2 Å². The molecule has 0 fully saturated rings. The van der Waals surface area contributed by atoms with Gasteiger partial charge in [0.2, 0.25) is 0 Å². The number of hydrogen-bond acceptors (Lipinski definition) is 5. The standard InChI is InChI=1S/C15H13N5OS/c21-14(12-2-1-7-16-8-12)19-13-5-3-11(4-6-13)9-22-15-17-10-18-20-15/h1-8,10H,9H2,(H,19,21)(H,17,18,20). The van der Waals surface area contributed by atoms with Crippen molar-refractivity contribution in [1.29, 1.82) is 0 Å². The molecular weight excluding hydrogens is 298 g/mol. The second-order valence-electron chi connectivity index (χ2n) is 4.47. The van der Waals surface area contributed by atoms with Crippen LogP contribution in [0.4, 0.5) is 5.69 Å². The molecule has 0 spiro atoms. The van der Waals surface area contributed by atoms with E-state index in [2.05, 4.69) is 25.5 Å². The van der Waals surface area contributed by atoms with Gasteiger partial charge in [0.1, 0.15) is 6.33 Å². The molecule has 0 bridgehead atoms. The normalized spacial score (nSPS) is 10.4. The van der Waals surface area contributed by atoms with Crippen LogP contribution in [-0.4, -0.2) is 26.1 Å². The van der Waals surface area contributed by atoms with Crippen molar-refractivity contribution >= 4 is 23.4 Å². The third kappa shape index (κ3) is 3.70. The van der Waals surface area contributed by atoms with Gasteiger partial charge in [-0.15, -0.1) is 0 Å². The molecule has 22 heavy (non-hydrogen) atoms.